The molecular weight excluding hydrogens is 618 g/mol. The normalized spacial score (nSPS) is 15.9. The zero-order chi connectivity index (χ0) is 36.1. The van der Waals surface area contributed by atoms with Gasteiger partial charge in [0.05, 0.1) is 11.4 Å². The molecule has 4 N–H and O–H groups in total. The first kappa shape index (κ1) is 42.3. The van der Waals surface area contributed by atoms with Crippen molar-refractivity contribution in [3.05, 3.63) is 59.2 Å². The third kappa shape index (κ3) is 18.6. The van der Waals surface area contributed by atoms with Gasteiger partial charge in [-0.05, 0) is 100 Å². The van der Waals surface area contributed by atoms with Crippen LogP contribution >= 0.6 is 0 Å². The number of nitrogens with zero attached hydrogens (tertiary/aromatic N) is 3. The Kier molecular flexibility index (Phi) is 19.6. The van der Waals surface area contributed by atoms with Gasteiger partial charge in [0.25, 0.3) is 0 Å². The number of carbonyl (C=O) groups is 1. The number of hydrogen-bond donors (Lipinski definition) is 3. The Morgan fingerprint density at radius 2 is 1.16 bits per heavy atom. The van der Waals surface area contributed by atoms with Crippen molar-refractivity contribution in [1.82, 2.24) is 9.80 Å². The summed E-state index contributed by atoms with van der Waals surface area (Å²) in [5, 5.41) is 6.31. The second-order valence-electron chi connectivity index (χ2n) is 15.6. The molecule has 0 aromatic heterocycles. The number of hydrogen-bond acceptors (Lipinski definition) is 7. The minimum atomic E-state index is -0.363. The van der Waals surface area contributed by atoms with Crippen LogP contribution < -0.4 is 16.4 Å². The molecule has 2 aliphatic rings. The van der Waals surface area contributed by atoms with Crippen LogP contribution in [0.3, 0.4) is 0 Å². The van der Waals surface area contributed by atoms with Crippen LogP contribution in [0.2, 0.25) is 0 Å². The SMILES string of the molecule is CC(C)(C)CCN.CC(C)(C)CCN=Cc1cccc(F)c1NCCN1CCCCC1.O=Cc1cccc(F)c1NCCN1CCCCC1. The van der Waals surface area contributed by atoms with Gasteiger partial charge in [0.2, 0.25) is 0 Å². The Morgan fingerprint density at radius 1 is 0.714 bits per heavy atom. The van der Waals surface area contributed by atoms with Crippen LogP contribution in [0.15, 0.2) is 41.4 Å². The molecule has 2 aliphatic heterocycles. The number of rotatable bonds is 13. The number of likely N-dealkylation sites (tertiary alicyclic amines) is 2. The van der Waals surface area contributed by atoms with Gasteiger partial charge in [-0.1, -0.05) is 72.6 Å². The monoisotopic (exact) mass is 685 g/mol. The molecule has 0 radical (unpaired) electrons. The minimum Gasteiger partial charge on any atom is -0.381 e. The lowest BCUT2D eigenvalue weighted by molar-refractivity contribution is 0.112. The van der Waals surface area contributed by atoms with E-state index in [0.717, 1.165) is 64.2 Å². The molecule has 49 heavy (non-hydrogen) atoms. The first-order valence-electron chi connectivity index (χ1n) is 18.5. The number of piperidine rings is 2. The number of para-hydroxylation sites is 2. The molecule has 2 fully saturated rings. The average Bonchev–Trinajstić information content (AvgIpc) is 3.05. The smallest absolute Gasteiger partial charge is 0.152 e. The predicted molar refractivity (Wildman–Crippen MR) is 205 cm³/mol. The van der Waals surface area contributed by atoms with Crippen LogP contribution in [0.5, 0.6) is 0 Å². The second kappa shape index (κ2) is 22.8. The molecule has 2 heterocycles. The van der Waals surface area contributed by atoms with Crippen molar-refractivity contribution in [2.45, 2.75) is 92.9 Å². The number of nitrogens with one attached hydrogen (secondary N) is 2. The fourth-order valence-electron chi connectivity index (χ4n) is 5.70. The lowest BCUT2D eigenvalue weighted by Gasteiger charge is -2.26. The van der Waals surface area contributed by atoms with E-state index in [1.807, 2.05) is 6.07 Å². The Balaban J connectivity index is 0.000000293. The van der Waals surface area contributed by atoms with Gasteiger partial charge in [0.15, 0.2) is 6.29 Å². The highest BCUT2D eigenvalue weighted by atomic mass is 19.1. The third-order valence-electron chi connectivity index (χ3n) is 8.69. The van der Waals surface area contributed by atoms with E-state index in [2.05, 4.69) is 67.0 Å². The summed E-state index contributed by atoms with van der Waals surface area (Å²) in [6.07, 6.45) is 12.3. The Bertz CT molecular complexity index is 1230. The summed E-state index contributed by atoms with van der Waals surface area (Å²) >= 11 is 0. The van der Waals surface area contributed by atoms with Crippen LogP contribution in [0.4, 0.5) is 20.2 Å². The minimum absolute atomic E-state index is 0.201. The van der Waals surface area contributed by atoms with E-state index in [4.69, 9.17) is 5.73 Å². The maximum Gasteiger partial charge on any atom is 0.152 e. The first-order chi connectivity index (χ1) is 23.3. The van der Waals surface area contributed by atoms with E-state index in [-0.39, 0.29) is 17.0 Å². The van der Waals surface area contributed by atoms with Gasteiger partial charge in [0.1, 0.15) is 11.6 Å². The molecule has 2 aromatic carbocycles. The number of nitrogens with two attached hydrogens (primary N) is 1. The first-order valence-corrected chi connectivity index (χ1v) is 18.5. The van der Waals surface area contributed by atoms with Crippen molar-refractivity contribution in [2.24, 2.45) is 21.6 Å². The predicted octanol–water partition coefficient (Wildman–Crippen LogP) is 8.50. The molecule has 2 saturated heterocycles. The van der Waals surface area contributed by atoms with Gasteiger partial charge < -0.3 is 26.2 Å². The van der Waals surface area contributed by atoms with E-state index in [0.29, 0.717) is 35.2 Å². The fraction of sp³-hybridized carbons (Fsp3) is 0.650. The molecule has 0 spiro atoms. The van der Waals surface area contributed by atoms with Crippen LogP contribution in [-0.2, 0) is 0 Å². The van der Waals surface area contributed by atoms with Gasteiger partial charge in [-0.2, -0.15) is 0 Å². The Labute approximate surface area is 296 Å². The Hall–Kier alpha value is -2.88. The van der Waals surface area contributed by atoms with Crippen molar-refractivity contribution in [3.63, 3.8) is 0 Å². The average molecular weight is 685 g/mol. The summed E-state index contributed by atoms with van der Waals surface area (Å²) < 4.78 is 27.7. The highest BCUT2D eigenvalue weighted by molar-refractivity contribution is 5.88. The zero-order valence-electron chi connectivity index (χ0n) is 31.4. The lowest BCUT2D eigenvalue weighted by atomic mass is 9.92. The Morgan fingerprint density at radius 3 is 1.57 bits per heavy atom. The van der Waals surface area contributed by atoms with Crippen molar-refractivity contribution in [1.29, 1.82) is 0 Å². The highest BCUT2D eigenvalue weighted by Crippen LogP contribution is 2.21. The summed E-state index contributed by atoms with van der Waals surface area (Å²) in [5.41, 5.74) is 8.13. The van der Waals surface area contributed by atoms with Crippen LogP contribution in [0.1, 0.15) is 109 Å². The van der Waals surface area contributed by atoms with E-state index in [9.17, 15) is 13.6 Å². The molecule has 0 aliphatic carbocycles. The number of carbonyl (C=O) groups excluding carboxylic acids is 1. The maximum absolute atomic E-state index is 14.2. The molecule has 7 nitrogen and oxygen atoms in total. The number of anilines is 2. The van der Waals surface area contributed by atoms with Gasteiger partial charge in [0, 0.05) is 50.1 Å². The molecule has 9 heteroatoms. The number of aliphatic imine (C=N–C) groups is 1. The third-order valence-corrected chi connectivity index (χ3v) is 8.69. The molecule has 0 saturated carbocycles. The fourth-order valence-corrected chi connectivity index (χ4v) is 5.70. The van der Waals surface area contributed by atoms with Gasteiger partial charge in [-0.15, -0.1) is 0 Å². The molecular formula is C40H66F2N6O. The standard InChI is InChI=1S/C20H32FN3.C14H19FN2O.C6H15N/c1-20(2,3)10-11-22-16-17-8-7-9-18(21)19(17)23-12-15-24-13-5-4-6-14-24;15-13-6-4-5-12(11-18)14(13)16-7-10-17-8-2-1-3-9-17;1-6(2,3)4-5-7/h7-9,16,23H,4-6,10-15H2,1-3H3;4-6,11,16H,1-3,7-10H2;4-5,7H2,1-3H3. The molecule has 0 unspecified atom stereocenters. The second-order valence-corrected chi connectivity index (χ2v) is 15.6. The summed E-state index contributed by atoms with van der Waals surface area (Å²) in [6.45, 7) is 22.7. The maximum atomic E-state index is 14.2. The van der Waals surface area contributed by atoms with Crippen molar-refractivity contribution >= 4 is 23.9 Å². The largest absolute Gasteiger partial charge is 0.381 e. The molecule has 0 atom stereocenters. The summed E-state index contributed by atoms with van der Waals surface area (Å²) in [4.78, 5) is 20.1. The van der Waals surface area contributed by atoms with Crippen molar-refractivity contribution in [3.8, 4) is 0 Å². The van der Waals surface area contributed by atoms with E-state index >= 15 is 0 Å². The van der Waals surface area contributed by atoms with Crippen molar-refractivity contribution < 1.29 is 13.6 Å². The van der Waals surface area contributed by atoms with Crippen LogP contribution in [0.25, 0.3) is 0 Å². The van der Waals surface area contributed by atoms with E-state index in [1.165, 1.54) is 63.7 Å². The molecule has 4 rings (SSSR count). The summed E-state index contributed by atoms with van der Waals surface area (Å²) in [6, 6.07) is 9.73. The summed E-state index contributed by atoms with van der Waals surface area (Å²) in [5.74, 6) is -0.563. The molecule has 276 valence electrons. The van der Waals surface area contributed by atoms with Gasteiger partial charge >= 0.3 is 0 Å². The number of aldehydes is 1. The van der Waals surface area contributed by atoms with Gasteiger partial charge in [-0.3, -0.25) is 9.79 Å². The number of benzene rings is 2. The quantitative estimate of drug-likeness (QED) is 0.145. The van der Waals surface area contributed by atoms with Crippen molar-refractivity contribution in [2.75, 3.05) is 76.1 Å². The van der Waals surface area contributed by atoms with Crippen LogP contribution in [0, 0.1) is 22.5 Å². The molecule has 0 amide bonds. The van der Waals surface area contributed by atoms with E-state index in [1.54, 1.807) is 24.4 Å². The topological polar surface area (TPSA) is 86.0 Å². The molecule has 2 aromatic rings. The van der Waals surface area contributed by atoms with Gasteiger partial charge in [-0.25, -0.2) is 8.78 Å². The van der Waals surface area contributed by atoms with E-state index < -0.39 is 0 Å². The summed E-state index contributed by atoms with van der Waals surface area (Å²) in [7, 11) is 0. The number of halogens is 2. The highest BCUT2D eigenvalue weighted by Gasteiger charge is 2.13. The van der Waals surface area contributed by atoms with Crippen LogP contribution in [-0.4, -0.2) is 87.7 Å². The molecule has 0 bridgehead atoms. The zero-order valence-corrected chi connectivity index (χ0v) is 31.4. The lowest BCUT2D eigenvalue weighted by Crippen LogP contribution is -2.33.